The third-order valence-electron chi connectivity index (χ3n) is 9.31. The quantitative estimate of drug-likeness (QED) is 0.189. The first-order valence-corrected chi connectivity index (χ1v) is 14.0. The number of rotatable bonds is 6. The lowest BCUT2D eigenvalue weighted by atomic mass is 9.41. The minimum absolute atomic E-state index is 0.0619. The molecule has 40 heavy (non-hydrogen) atoms. The number of phenolic OH excluding ortho intramolecular Hbond substituents is 2. The molecule has 4 aromatic rings. The monoisotopic (exact) mass is 534 g/mol. The Morgan fingerprint density at radius 3 is 1.48 bits per heavy atom. The fraction of sp³-hybridized carbons (Fsp3) is 0.294. The maximum atomic E-state index is 10.0. The molecule has 4 aliphatic carbocycles. The lowest BCUT2D eigenvalue weighted by molar-refractivity contribution is -0.0294. The van der Waals surface area contributed by atoms with Crippen LogP contribution in [0.2, 0.25) is 0 Å². The van der Waals surface area contributed by atoms with Crippen LogP contribution in [0.3, 0.4) is 0 Å². The zero-order chi connectivity index (χ0) is 27.5. The molecular weight excluding hydrogens is 500 g/mol. The lowest BCUT2D eigenvalue weighted by Gasteiger charge is -2.63. The summed E-state index contributed by atoms with van der Waals surface area (Å²) < 4.78 is 12.8. The van der Waals surface area contributed by atoms with E-state index in [2.05, 4.69) is 12.1 Å². The Hall–Kier alpha value is -4.32. The van der Waals surface area contributed by atoms with Gasteiger partial charge in [-0.05, 0) is 86.8 Å². The molecule has 0 heterocycles. The number of phenols is 2. The standard InChI is InChI=1S/C34H34N2O4/c35-23-7-9-29(31(12-23)39-27-5-1-3-25(37)14-27)33-16-21-11-22(17-33)19-34(18-21,20-33)30-10-8-24(36)13-32(30)40-28-6-2-4-26(38)15-28/h1-10,12-15,21-22,37-38H,11,16-20,35-36H2. The maximum absolute atomic E-state index is 10.0. The third-order valence-corrected chi connectivity index (χ3v) is 9.31. The fourth-order valence-electron chi connectivity index (χ4n) is 8.36. The minimum atomic E-state index is -0.0619. The van der Waals surface area contributed by atoms with E-state index in [1.54, 1.807) is 36.4 Å². The predicted molar refractivity (Wildman–Crippen MR) is 156 cm³/mol. The van der Waals surface area contributed by atoms with Gasteiger partial charge < -0.3 is 31.2 Å². The molecule has 0 radical (unpaired) electrons. The van der Waals surface area contributed by atoms with Crippen LogP contribution in [-0.2, 0) is 10.8 Å². The summed E-state index contributed by atoms with van der Waals surface area (Å²) in [4.78, 5) is 0. The van der Waals surface area contributed by atoms with Crippen molar-refractivity contribution in [2.24, 2.45) is 11.8 Å². The summed E-state index contributed by atoms with van der Waals surface area (Å²) in [5, 5.41) is 20.1. The summed E-state index contributed by atoms with van der Waals surface area (Å²) in [7, 11) is 0. The highest BCUT2D eigenvalue weighted by molar-refractivity contribution is 5.57. The van der Waals surface area contributed by atoms with E-state index in [4.69, 9.17) is 20.9 Å². The molecule has 4 saturated carbocycles. The van der Waals surface area contributed by atoms with Crippen molar-refractivity contribution in [3.8, 4) is 34.5 Å². The van der Waals surface area contributed by atoms with Crippen LogP contribution in [0.25, 0.3) is 0 Å². The van der Waals surface area contributed by atoms with Crippen molar-refractivity contribution in [2.75, 3.05) is 11.5 Å². The van der Waals surface area contributed by atoms with E-state index in [0.717, 1.165) is 43.6 Å². The van der Waals surface area contributed by atoms with Crippen LogP contribution in [-0.4, -0.2) is 10.2 Å². The summed E-state index contributed by atoms with van der Waals surface area (Å²) in [5.74, 6) is 4.22. The molecule has 6 heteroatoms. The normalized spacial score (nSPS) is 26.5. The first-order chi connectivity index (χ1) is 19.3. The maximum Gasteiger partial charge on any atom is 0.133 e. The van der Waals surface area contributed by atoms with E-state index in [1.165, 1.54) is 17.5 Å². The van der Waals surface area contributed by atoms with Gasteiger partial charge in [0.05, 0.1) is 0 Å². The van der Waals surface area contributed by atoms with E-state index in [-0.39, 0.29) is 22.3 Å². The highest BCUT2D eigenvalue weighted by Crippen LogP contribution is 2.68. The summed E-state index contributed by atoms with van der Waals surface area (Å²) in [6, 6.07) is 25.9. The zero-order valence-electron chi connectivity index (χ0n) is 22.3. The summed E-state index contributed by atoms with van der Waals surface area (Å²) in [6.45, 7) is 0. The first-order valence-electron chi connectivity index (χ1n) is 14.0. The molecule has 204 valence electrons. The van der Waals surface area contributed by atoms with Crippen molar-refractivity contribution in [3.05, 3.63) is 96.1 Å². The summed E-state index contributed by atoms with van der Waals surface area (Å²) >= 11 is 0. The fourth-order valence-corrected chi connectivity index (χ4v) is 8.36. The van der Waals surface area contributed by atoms with E-state index in [9.17, 15) is 10.2 Å². The number of aromatic hydroxyl groups is 2. The van der Waals surface area contributed by atoms with Crippen molar-refractivity contribution in [1.82, 2.24) is 0 Å². The van der Waals surface area contributed by atoms with Crippen LogP contribution in [0, 0.1) is 11.8 Å². The van der Waals surface area contributed by atoms with E-state index >= 15 is 0 Å². The first kappa shape index (κ1) is 24.7. The van der Waals surface area contributed by atoms with Gasteiger partial charge in [0.1, 0.15) is 34.5 Å². The van der Waals surface area contributed by atoms with Gasteiger partial charge in [-0.3, -0.25) is 0 Å². The zero-order valence-corrected chi connectivity index (χ0v) is 22.3. The highest BCUT2D eigenvalue weighted by atomic mass is 16.5. The largest absolute Gasteiger partial charge is 0.508 e. The number of nitrogens with two attached hydrogens (primary N) is 2. The molecule has 0 unspecified atom stereocenters. The Balaban J connectivity index is 1.31. The molecule has 4 aromatic carbocycles. The minimum Gasteiger partial charge on any atom is -0.508 e. The number of nitrogen functional groups attached to an aromatic ring is 2. The second kappa shape index (κ2) is 9.12. The smallest absolute Gasteiger partial charge is 0.133 e. The molecule has 0 saturated heterocycles. The van der Waals surface area contributed by atoms with Crippen LogP contribution < -0.4 is 20.9 Å². The average Bonchev–Trinajstić information content (AvgIpc) is 2.88. The Kier molecular flexibility index (Phi) is 5.63. The topological polar surface area (TPSA) is 111 Å². The molecular formula is C34H34N2O4. The summed E-state index contributed by atoms with van der Waals surface area (Å²) in [5.41, 5.74) is 16.1. The average molecular weight is 535 g/mol. The van der Waals surface area contributed by atoms with Gasteiger partial charge >= 0.3 is 0 Å². The van der Waals surface area contributed by atoms with Gasteiger partial charge in [-0.15, -0.1) is 0 Å². The van der Waals surface area contributed by atoms with E-state index < -0.39 is 0 Å². The Morgan fingerprint density at radius 2 is 1.05 bits per heavy atom. The van der Waals surface area contributed by atoms with Gasteiger partial charge in [0.2, 0.25) is 0 Å². The lowest BCUT2D eigenvalue weighted by Crippen LogP contribution is -2.56. The summed E-state index contributed by atoms with van der Waals surface area (Å²) in [6.07, 6.45) is 6.69. The van der Waals surface area contributed by atoms with Gasteiger partial charge in [-0.25, -0.2) is 0 Å². The molecule has 0 atom stereocenters. The van der Waals surface area contributed by atoms with Crippen LogP contribution in [0.15, 0.2) is 84.9 Å². The van der Waals surface area contributed by atoms with Gasteiger partial charge in [-0.1, -0.05) is 24.3 Å². The van der Waals surface area contributed by atoms with Crippen LogP contribution in [0.5, 0.6) is 34.5 Å². The van der Waals surface area contributed by atoms with Crippen molar-refractivity contribution in [2.45, 2.75) is 49.4 Å². The molecule has 0 spiro atoms. The van der Waals surface area contributed by atoms with Crippen molar-refractivity contribution in [3.63, 3.8) is 0 Å². The molecule has 4 bridgehead atoms. The second-order valence-electron chi connectivity index (χ2n) is 12.2. The molecule has 4 fully saturated rings. The SMILES string of the molecule is Nc1ccc(C23CC4CC(C2)CC(c2ccc(N)cc2Oc2cccc(O)c2)(C4)C3)c(Oc2cccc(O)c2)c1. The third kappa shape index (κ3) is 4.28. The Labute approximate surface area is 234 Å². The second-order valence-corrected chi connectivity index (χ2v) is 12.2. The molecule has 6 nitrogen and oxygen atoms in total. The van der Waals surface area contributed by atoms with Gasteiger partial charge in [0.15, 0.2) is 0 Å². The highest BCUT2D eigenvalue weighted by Gasteiger charge is 2.60. The van der Waals surface area contributed by atoms with Gasteiger partial charge in [0, 0.05) is 57.6 Å². The number of hydrogen-bond donors (Lipinski definition) is 4. The predicted octanol–water partition coefficient (Wildman–Crippen LogP) is 7.64. The molecule has 4 aliphatic rings. The molecule has 0 aliphatic heterocycles. The van der Waals surface area contributed by atoms with Crippen LogP contribution >= 0.6 is 0 Å². The Bertz CT molecular complexity index is 1470. The van der Waals surface area contributed by atoms with Gasteiger partial charge in [0.25, 0.3) is 0 Å². The number of benzene rings is 4. The molecule has 0 amide bonds. The van der Waals surface area contributed by atoms with Crippen molar-refractivity contribution in [1.29, 1.82) is 0 Å². The molecule has 8 rings (SSSR count). The van der Waals surface area contributed by atoms with Crippen LogP contribution in [0.4, 0.5) is 11.4 Å². The van der Waals surface area contributed by atoms with E-state index in [1.807, 2.05) is 36.4 Å². The number of ether oxygens (including phenoxy) is 2. The molecule has 0 aromatic heterocycles. The number of anilines is 2. The van der Waals surface area contributed by atoms with Crippen LogP contribution in [0.1, 0.15) is 49.7 Å². The molecule has 6 N–H and O–H groups in total. The van der Waals surface area contributed by atoms with Crippen molar-refractivity contribution < 1.29 is 19.7 Å². The van der Waals surface area contributed by atoms with E-state index in [0.29, 0.717) is 34.7 Å². The number of hydrogen-bond acceptors (Lipinski definition) is 6. The Morgan fingerprint density at radius 1 is 0.600 bits per heavy atom. The van der Waals surface area contributed by atoms with Gasteiger partial charge in [-0.2, -0.15) is 0 Å². The van der Waals surface area contributed by atoms with Crippen molar-refractivity contribution >= 4 is 11.4 Å².